The minimum absolute atomic E-state index is 0.540. The largest absolute Gasteiger partial charge is 0.490 e. The highest BCUT2D eigenvalue weighted by atomic mass is 127. The Bertz CT molecular complexity index is 543. The van der Waals surface area contributed by atoms with E-state index in [1.807, 2.05) is 36.4 Å². The van der Waals surface area contributed by atoms with Crippen LogP contribution in [0.5, 0.6) is 11.5 Å². The number of rotatable bonds is 8. The van der Waals surface area contributed by atoms with Crippen molar-refractivity contribution in [1.29, 1.82) is 0 Å². The van der Waals surface area contributed by atoms with Gasteiger partial charge in [-0.2, -0.15) is 0 Å². The van der Waals surface area contributed by atoms with E-state index in [1.54, 1.807) is 0 Å². The van der Waals surface area contributed by atoms with Gasteiger partial charge in [0.25, 0.3) is 0 Å². The number of hydrogen-bond acceptors (Lipinski definition) is 3. The van der Waals surface area contributed by atoms with Crippen LogP contribution < -0.4 is 14.8 Å². The third-order valence-corrected chi connectivity index (χ3v) is 3.59. The number of halogens is 1. The van der Waals surface area contributed by atoms with Crippen molar-refractivity contribution in [3.8, 4) is 11.5 Å². The highest BCUT2D eigenvalue weighted by Crippen LogP contribution is 2.15. The van der Waals surface area contributed by atoms with Crippen molar-refractivity contribution >= 4 is 22.6 Å². The van der Waals surface area contributed by atoms with Crippen molar-refractivity contribution in [2.75, 3.05) is 19.8 Å². The number of ether oxygens (including phenoxy) is 2. The van der Waals surface area contributed by atoms with Gasteiger partial charge in [0.15, 0.2) is 0 Å². The number of hydrogen-bond donors (Lipinski definition) is 1. The fourth-order valence-corrected chi connectivity index (χ4v) is 2.36. The van der Waals surface area contributed by atoms with Gasteiger partial charge in [0.1, 0.15) is 24.7 Å². The lowest BCUT2D eigenvalue weighted by Crippen LogP contribution is -2.11. The van der Waals surface area contributed by atoms with E-state index in [-0.39, 0.29) is 0 Å². The van der Waals surface area contributed by atoms with Crippen LogP contribution in [-0.4, -0.2) is 19.8 Å². The maximum Gasteiger partial charge on any atom is 0.122 e. The molecule has 2 rings (SSSR count). The zero-order valence-electron chi connectivity index (χ0n) is 12.1. The smallest absolute Gasteiger partial charge is 0.122 e. The summed E-state index contributed by atoms with van der Waals surface area (Å²) in [5, 5.41) is 3.30. The van der Waals surface area contributed by atoms with Crippen LogP contribution in [0.25, 0.3) is 0 Å². The molecule has 2 aromatic carbocycles. The zero-order chi connectivity index (χ0) is 14.9. The first-order valence-corrected chi connectivity index (χ1v) is 8.16. The molecule has 0 atom stereocenters. The molecule has 0 heterocycles. The second-order valence-electron chi connectivity index (χ2n) is 4.58. The van der Waals surface area contributed by atoms with Gasteiger partial charge in [0, 0.05) is 10.1 Å². The molecule has 0 aliphatic carbocycles. The van der Waals surface area contributed by atoms with Gasteiger partial charge in [-0.3, -0.25) is 0 Å². The van der Waals surface area contributed by atoms with Gasteiger partial charge in [-0.25, -0.2) is 0 Å². The molecule has 0 bridgehead atoms. The van der Waals surface area contributed by atoms with E-state index < -0.39 is 0 Å². The average molecular weight is 397 g/mol. The van der Waals surface area contributed by atoms with Gasteiger partial charge in [-0.05, 0) is 65.0 Å². The van der Waals surface area contributed by atoms with Crippen LogP contribution in [0.2, 0.25) is 0 Å². The summed E-state index contributed by atoms with van der Waals surface area (Å²) in [5.41, 5.74) is 1.26. The molecule has 0 aliphatic heterocycles. The lowest BCUT2D eigenvalue weighted by atomic mass is 10.2. The average Bonchev–Trinajstić information content (AvgIpc) is 2.51. The maximum absolute atomic E-state index is 5.67. The Morgan fingerprint density at radius 3 is 2.33 bits per heavy atom. The van der Waals surface area contributed by atoms with Crippen LogP contribution in [0, 0.1) is 3.57 Å². The van der Waals surface area contributed by atoms with Gasteiger partial charge < -0.3 is 14.8 Å². The lowest BCUT2D eigenvalue weighted by molar-refractivity contribution is 0.217. The number of benzene rings is 2. The molecule has 0 saturated heterocycles. The summed E-state index contributed by atoms with van der Waals surface area (Å²) in [4.78, 5) is 0. The monoisotopic (exact) mass is 397 g/mol. The molecule has 1 N–H and O–H groups in total. The highest BCUT2D eigenvalue weighted by Gasteiger charge is 1.97. The molecule has 3 nitrogen and oxygen atoms in total. The zero-order valence-corrected chi connectivity index (χ0v) is 14.3. The predicted octanol–water partition coefficient (Wildman–Crippen LogP) is 3.86. The van der Waals surface area contributed by atoms with Gasteiger partial charge >= 0.3 is 0 Å². The first kappa shape index (κ1) is 16.1. The third-order valence-electron chi connectivity index (χ3n) is 2.92. The van der Waals surface area contributed by atoms with Crippen molar-refractivity contribution in [3.63, 3.8) is 0 Å². The lowest BCUT2D eigenvalue weighted by Gasteiger charge is -2.09. The Hall–Kier alpha value is -1.27. The Labute approximate surface area is 139 Å². The van der Waals surface area contributed by atoms with Crippen molar-refractivity contribution in [1.82, 2.24) is 5.32 Å². The van der Waals surface area contributed by atoms with Crippen LogP contribution in [0.3, 0.4) is 0 Å². The van der Waals surface area contributed by atoms with E-state index in [0.29, 0.717) is 13.2 Å². The van der Waals surface area contributed by atoms with E-state index in [0.717, 1.165) is 24.6 Å². The molecule has 0 saturated carbocycles. The van der Waals surface area contributed by atoms with Crippen LogP contribution in [-0.2, 0) is 6.54 Å². The van der Waals surface area contributed by atoms with Gasteiger partial charge in [-0.15, -0.1) is 0 Å². The van der Waals surface area contributed by atoms with Crippen LogP contribution in [0.15, 0.2) is 48.5 Å². The van der Waals surface area contributed by atoms with Crippen molar-refractivity contribution < 1.29 is 9.47 Å². The van der Waals surface area contributed by atoms with E-state index in [1.165, 1.54) is 9.13 Å². The first-order chi connectivity index (χ1) is 10.3. The standard InChI is InChI=1S/C17H20INO2/c1-2-19-13-14-6-8-16(9-7-14)20-10-11-21-17-5-3-4-15(18)12-17/h3-9,12,19H,2,10-11,13H2,1H3. The number of nitrogens with one attached hydrogen (secondary N) is 1. The first-order valence-electron chi connectivity index (χ1n) is 7.09. The Balaban J connectivity index is 1.71. The van der Waals surface area contributed by atoms with Gasteiger partial charge in [-0.1, -0.05) is 25.1 Å². The fourth-order valence-electron chi connectivity index (χ4n) is 1.85. The normalized spacial score (nSPS) is 10.4. The molecule has 21 heavy (non-hydrogen) atoms. The molecule has 0 radical (unpaired) electrons. The summed E-state index contributed by atoms with van der Waals surface area (Å²) in [5.74, 6) is 1.76. The van der Waals surface area contributed by atoms with E-state index in [9.17, 15) is 0 Å². The SMILES string of the molecule is CCNCc1ccc(OCCOc2cccc(I)c2)cc1. The molecular formula is C17H20INO2. The second-order valence-corrected chi connectivity index (χ2v) is 5.82. The van der Waals surface area contributed by atoms with E-state index in [4.69, 9.17) is 9.47 Å². The molecule has 112 valence electrons. The third kappa shape index (κ3) is 5.93. The quantitative estimate of drug-likeness (QED) is 0.542. The highest BCUT2D eigenvalue weighted by molar-refractivity contribution is 14.1. The molecule has 0 aromatic heterocycles. The Morgan fingerprint density at radius 1 is 0.952 bits per heavy atom. The van der Waals surface area contributed by atoms with Gasteiger partial charge in [0.05, 0.1) is 0 Å². The summed E-state index contributed by atoms with van der Waals surface area (Å²) in [6.45, 7) is 5.06. The molecule has 0 aliphatic rings. The topological polar surface area (TPSA) is 30.5 Å². The molecule has 4 heteroatoms. The summed E-state index contributed by atoms with van der Waals surface area (Å²) in [7, 11) is 0. The van der Waals surface area contributed by atoms with Crippen LogP contribution in [0.4, 0.5) is 0 Å². The summed E-state index contributed by atoms with van der Waals surface area (Å²) in [6.07, 6.45) is 0. The molecule has 2 aromatic rings. The summed E-state index contributed by atoms with van der Waals surface area (Å²) >= 11 is 2.27. The summed E-state index contributed by atoms with van der Waals surface area (Å²) < 4.78 is 12.5. The van der Waals surface area contributed by atoms with Crippen molar-refractivity contribution in [2.45, 2.75) is 13.5 Å². The van der Waals surface area contributed by atoms with Crippen molar-refractivity contribution in [3.05, 3.63) is 57.7 Å². The van der Waals surface area contributed by atoms with Crippen molar-refractivity contribution in [2.24, 2.45) is 0 Å². The van der Waals surface area contributed by atoms with E-state index >= 15 is 0 Å². The molecule has 0 unspecified atom stereocenters. The summed E-state index contributed by atoms with van der Waals surface area (Å²) in [6, 6.07) is 16.2. The maximum atomic E-state index is 5.67. The predicted molar refractivity (Wildman–Crippen MR) is 94.0 cm³/mol. The molecule has 0 fully saturated rings. The Kier molecular flexibility index (Phi) is 6.82. The molecule has 0 amide bonds. The Morgan fingerprint density at radius 2 is 1.67 bits per heavy atom. The fraction of sp³-hybridized carbons (Fsp3) is 0.294. The van der Waals surface area contributed by atoms with E-state index in [2.05, 4.69) is 47.0 Å². The van der Waals surface area contributed by atoms with Crippen LogP contribution in [0.1, 0.15) is 12.5 Å². The minimum atomic E-state index is 0.540. The minimum Gasteiger partial charge on any atom is -0.490 e. The van der Waals surface area contributed by atoms with Gasteiger partial charge in [0.2, 0.25) is 0 Å². The molecular weight excluding hydrogens is 377 g/mol. The molecule has 0 spiro atoms. The second kappa shape index (κ2) is 8.89. The van der Waals surface area contributed by atoms with Crippen LogP contribution >= 0.6 is 22.6 Å².